The largest absolute Gasteiger partial charge is 0.482 e. The number of ether oxygens (including phenoxy) is 3. The highest BCUT2D eigenvalue weighted by molar-refractivity contribution is 5.72. The number of hydrogen-bond donors (Lipinski definition) is 1. The normalized spacial score (nSPS) is 32.5. The lowest BCUT2D eigenvalue weighted by molar-refractivity contribution is -0.132. The van der Waals surface area contributed by atoms with E-state index in [9.17, 15) is 4.79 Å². The Morgan fingerprint density at radius 3 is 2.90 bits per heavy atom. The van der Waals surface area contributed by atoms with Crippen LogP contribution in [0.5, 0.6) is 11.5 Å². The zero-order valence-electron chi connectivity index (χ0n) is 18.5. The predicted octanol–water partition coefficient (Wildman–Crippen LogP) is 2.99. The molecule has 2 aliphatic carbocycles. The zero-order valence-corrected chi connectivity index (χ0v) is 18.5. The fourth-order valence-electron chi connectivity index (χ4n) is 6.37. The van der Waals surface area contributed by atoms with Crippen LogP contribution >= 0.6 is 0 Å². The number of rotatable bonds is 8. The first-order chi connectivity index (χ1) is 15.1. The summed E-state index contributed by atoms with van der Waals surface area (Å²) in [6, 6.07) is 4.47. The Kier molecular flexibility index (Phi) is 5.57. The molecule has 6 nitrogen and oxygen atoms in total. The second-order valence-electron chi connectivity index (χ2n) is 9.49. The molecule has 2 heterocycles. The maximum absolute atomic E-state index is 11.7. The summed E-state index contributed by atoms with van der Waals surface area (Å²) in [6.07, 6.45) is 10.3. The van der Waals surface area contributed by atoms with Crippen molar-refractivity contribution in [2.45, 2.75) is 69.1 Å². The summed E-state index contributed by atoms with van der Waals surface area (Å²) in [6.45, 7) is 3.40. The summed E-state index contributed by atoms with van der Waals surface area (Å²) in [5.41, 5.74) is 2.46. The molecular formula is C25H33NO5. The van der Waals surface area contributed by atoms with Gasteiger partial charge < -0.3 is 24.2 Å². The third-order valence-corrected chi connectivity index (χ3v) is 7.73. The smallest absolute Gasteiger partial charge is 0.308 e. The standard InChI is InChI=1S/C25H33NO5/c1-16(28)30-20-9-7-17-15-19-18-8-10-21(29-14-6-4-3-5-13-27)24-25(18,11-12-26(19)2)22(17)23(20)31-24/h7-10,18-19,21,24,27H,3-6,11-15H2,1-2H3/t18-,19+,21-,24-,25-/m0/s1. The van der Waals surface area contributed by atoms with Gasteiger partial charge in [-0.3, -0.25) is 4.79 Å². The average Bonchev–Trinajstić information content (AvgIpc) is 3.10. The van der Waals surface area contributed by atoms with Crippen LogP contribution in [0.2, 0.25) is 0 Å². The Bertz CT molecular complexity index is 883. The van der Waals surface area contributed by atoms with Crippen molar-refractivity contribution in [3.8, 4) is 11.5 Å². The highest BCUT2D eigenvalue weighted by atomic mass is 16.6. The SMILES string of the molecule is CC(=O)Oc1ccc2c3c1O[C@H]1[C@@H](OCCCCCCO)C=C[C@H]4[C@@H](C2)N(C)CC[C@@]341. The van der Waals surface area contributed by atoms with E-state index in [4.69, 9.17) is 19.3 Å². The van der Waals surface area contributed by atoms with E-state index in [1.165, 1.54) is 18.1 Å². The Morgan fingerprint density at radius 2 is 2.10 bits per heavy atom. The monoisotopic (exact) mass is 427 g/mol. The molecule has 5 atom stereocenters. The molecule has 0 amide bonds. The molecule has 4 aliphatic rings. The van der Waals surface area contributed by atoms with Gasteiger partial charge in [0.25, 0.3) is 0 Å². The minimum absolute atomic E-state index is 0.0955. The van der Waals surface area contributed by atoms with Crippen molar-refractivity contribution < 1.29 is 24.1 Å². The van der Waals surface area contributed by atoms with Gasteiger partial charge in [0.2, 0.25) is 0 Å². The van der Waals surface area contributed by atoms with Gasteiger partial charge in [-0.1, -0.05) is 31.1 Å². The van der Waals surface area contributed by atoms with Crippen molar-refractivity contribution in [1.29, 1.82) is 0 Å². The number of aliphatic hydroxyl groups excluding tert-OH is 1. The Labute approximate surface area is 184 Å². The van der Waals surface area contributed by atoms with Crippen LogP contribution in [-0.4, -0.2) is 61.0 Å². The van der Waals surface area contributed by atoms with Crippen LogP contribution in [-0.2, 0) is 21.4 Å². The molecule has 1 N–H and O–H groups in total. The maximum atomic E-state index is 11.7. The zero-order chi connectivity index (χ0) is 21.6. The van der Waals surface area contributed by atoms with Gasteiger partial charge in [0.15, 0.2) is 11.5 Å². The molecule has 1 spiro atoms. The molecule has 1 fully saturated rings. The number of hydrogen-bond acceptors (Lipinski definition) is 6. The molecule has 6 heteroatoms. The van der Waals surface area contributed by atoms with E-state index in [1.54, 1.807) is 0 Å². The fraction of sp³-hybridized carbons (Fsp3) is 0.640. The van der Waals surface area contributed by atoms with Gasteiger partial charge in [0.05, 0.1) is 0 Å². The molecule has 2 aliphatic heterocycles. The van der Waals surface area contributed by atoms with E-state index in [0.717, 1.165) is 50.8 Å². The lowest BCUT2D eigenvalue weighted by Crippen LogP contribution is -2.65. The van der Waals surface area contributed by atoms with Crippen LogP contribution < -0.4 is 9.47 Å². The summed E-state index contributed by atoms with van der Waals surface area (Å²) in [5.74, 6) is 1.34. The number of nitrogens with zero attached hydrogens (tertiary/aromatic N) is 1. The molecule has 0 radical (unpaired) electrons. The maximum Gasteiger partial charge on any atom is 0.308 e. The first-order valence-corrected chi connectivity index (χ1v) is 11.7. The third kappa shape index (κ3) is 3.31. The van der Waals surface area contributed by atoms with E-state index in [0.29, 0.717) is 24.3 Å². The summed E-state index contributed by atoms with van der Waals surface area (Å²) < 4.78 is 18.6. The highest BCUT2D eigenvalue weighted by Crippen LogP contribution is 2.62. The van der Waals surface area contributed by atoms with Crippen molar-refractivity contribution in [1.82, 2.24) is 4.90 Å². The van der Waals surface area contributed by atoms with E-state index in [-0.39, 0.29) is 30.2 Å². The molecule has 0 unspecified atom stereocenters. The van der Waals surface area contributed by atoms with E-state index in [1.807, 2.05) is 6.07 Å². The summed E-state index contributed by atoms with van der Waals surface area (Å²) in [5, 5.41) is 8.95. The summed E-state index contributed by atoms with van der Waals surface area (Å²) in [7, 11) is 2.23. The number of likely N-dealkylation sites (tertiary alicyclic amines) is 1. The van der Waals surface area contributed by atoms with E-state index in [2.05, 4.69) is 30.2 Å². The minimum atomic E-state index is -0.324. The Morgan fingerprint density at radius 1 is 1.26 bits per heavy atom. The molecule has 1 saturated heterocycles. The summed E-state index contributed by atoms with van der Waals surface area (Å²) in [4.78, 5) is 14.2. The van der Waals surface area contributed by atoms with Gasteiger partial charge in [0.1, 0.15) is 12.2 Å². The van der Waals surface area contributed by atoms with E-state index >= 15 is 0 Å². The molecule has 168 valence electrons. The topological polar surface area (TPSA) is 68.2 Å². The van der Waals surface area contributed by atoms with Crippen LogP contribution in [0.15, 0.2) is 24.3 Å². The van der Waals surface area contributed by atoms with Crippen molar-refractivity contribution in [2.24, 2.45) is 5.92 Å². The molecule has 2 bridgehead atoms. The van der Waals surface area contributed by atoms with E-state index < -0.39 is 0 Å². The number of esters is 1. The number of carbonyl (C=O) groups is 1. The highest BCUT2D eigenvalue weighted by Gasteiger charge is 2.64. The van der Waals surface area contributed by atoms with Crippen molar-refractivity contribution in [2.75, 3.05) is 26.8 Å². The van der Waals surface area contributed by atoms with Crippen LogP contribution in [0.1, 0.15) is 50.2 Å². The van der Waals surface area contributed by atoms with Crippen molar-refractivity contribution in [3.63, 3.8) is 0 Å². The molecule has 31 heavy (non-hydrogen) atoms. The van der Waals surface area contributed by atoms with Crippen LogP contribution in [0.4, 0.5) is 0 Å². The third-order valence-electron chi connectivity index (χ3n) is 7.73. The van der Waals surface area contributed by atoms with Crippen LogP contribution in [0.25, 0.3) is 0 Å². The fourth-order valence-corrected chi connectivity index (χ4v) is 6.37. The lowest BCUT2D eigenvalue weighted by Gasteiger charge is -2.56. The average molecular weight is 428 g/mol. The van der Waals surface area contributed by atoms with Gasteiger partial charge in [-0.25, -0.2) is 0 Å². The van der Waals surface area contributed by atoms with Crippen molar-refractivity contribution in [3.05, 3.63) is 35.4 Å². The van der Waals surface area contributed by atoms with Crippen LogP contribution in [0, 0.1) is 5.92 Å². The minimum Gasteiger partial charge on any atom is -0.482 e. The first kappa shape index (κ1) is 21.0. The number of piperidine rings is 1. The van der Waals surface area contributed by atoms with Crippen molar-refractivity contribution >= 4 is 5.97 Å². The first-order valence-electron chi connectivity index (χ1n) is 11.7. The Balaban J connectivity index is 1.46. The van der Waals surface area contributed by atoms with Gasteiger partial charge in [-0.2, -0.15) is 0 Å². The van der Waals surface area contributed by atoms with Gasteiger partial charge in [-0.05, 0) is 50.9 Å². The Hall–Kier alpha value is -1.89. The van der Waals surface area contributed by atoms with Crippen LogP contribution in [0.3, 0.4) is 0 Å². The molecule has 1 aromatic rings. The lowest BCUT2D eigenvalue weighted by atomic mass is 9.53. The molecule has 1 aromatic carbocycles. The van der Waals surface area contributed by atoms with Gasteiger partial charge in [-0.15, -0.1) is 0 Å². The molecule has 0 saturated carbocycles. The number of benzene rings is 1. The number of aliphatic hydroxyl groups is 1. The molecule has 5 rings (SSSR count). The predicted molar refractivity (Wildman–Crippen MR) is 117 cm³/mol. The second kappa shape index (κ2) is 8.23. The number of carbonyl (C=O) groups excluding carboxylic acids is 1. The van der Waals surface area contributed by atoms with Gasteiger partial charge in [0, 0.05) is 43.1 Å². The quantitative estimate of drug-likeness (QED) is 0.298. The molecule has 0 aromatic heterocycles. The molecular weight excluding hydrogens is 394 g/mol. The van der Waals surface area contributed by atoms with Gasteiger partial charge >= 0.3 is 5.97 Å². The second-order valence-corrected chi connectivity index (χ2v) is 9.49. The number of unbranched alkanes of at least 4 members (excludes halogenated alkanes) is 3. The summed E-state index contributed by atoms with van der Waals surface area (Å²) >= 11 is 0. The number of likely N-dealkylation sites (N-methyl/N-ethyl adjacent to an activating group) is 1.